The second kappa shape index (κ2) is 4.23. The molecule has 2 heteroatoms. The molecule has 0 radical (unpaired) electrons. The van der Waals surface area contributed by atoms with Crippen LogP contribution in [0.3, 0.4) is 0 Å². The molecule has 1 aromatic rings. The number of benzene rings is 1. The van der Waals surface area contributed by atoms with E-state index in [-0.39, 0.29) is 0 Å². The number of hydrogen-bond acceptors (Lipinski definition) is 2. The largest absolute Gasteiger partial charge is 0.372 e. The van der Waals surface area contributed by atoms with Crippen LogP contribution < -0.4 is 10.6 Å². The Morgan fingerprint density at radius 3 is 2.73 bits per heavy atom. The maximum atomic E-state index is 5.94. The number of nitrogens with zero attached hydrogens (tertiary/aromatic N) is 1. The lowest BCUT2D eigenvalue weighted by Gasteiger charge is -2.27. The molecule has 1 aliphatic rings. The molecular formula is C13H20N2. The molecule has 15 heavy (non-hydrogen) atoms. The average molecular weight is 204 g/mol. The summed E-state index contributed by atoms with van der Waals surface area (Å²) in [5.74, 6) is 0. The number of rotatable bonds is 2. The van der Waals surface area contributed by atoms with Gasteiger partial charge in [0, 0.05) is 24.8 Å². The molecule has 0 aromatic heterocycles. The molecule has 2 rings (SSSR count). The van der Waals surface area contributed by atoms with Gasteiger partial charge in [0.05, 0.1) is 0 Å². The van der Waals surface area contributed by atoms with Gasteiger partial charge in [-0.25, -0.2) is 0 Å². The maximum absolute atomic E-state index is 5.94. The molecule has 0 spiro atoms. The smallest absolute Gasteiger partial charge is 0.0368 e. The van der Waals surface area contributed by atoms with E-state index in [1.165, 1.54) is 24.1 Å². The Balaban J connectivity index is 2.10. The molecular weight excluding hydrogens is 184 g/mol. The second-order valence-electron chi connectivity index (χ2n) is 4.68. The fourth-order valence-corrected chi connectivity index (χ4v) is 2.40. The standard InChI is InChI=1S/C13H20N2/c1-10-4-3-5-12(8-10)15(2)13-7-6-11(14)9-13/h3-5,8,11,13H,6-7,9,14H2,1-2H3. The van der Waals surface area contributed by atoms with E-state index in [1.54, 1.807) is 0 Å². The molecule has 0 heterocycles. The topological polar surface area (TPSA) is 29.3 Å². The minimum Gasteiger partial charge on any atom is -0.372 e. The van der Waals surface area contributed by atoms with Gasteiger partial charge in [-0.1, -0.05) is 12.1 Å². The summed E-state index contributed by atoms with van der Waals surface area (Å²) >= 11 is 0. The van der Waals surface area contributed by atoms with Crippen LogP contribution in [0, 0.1) is 6.92 Å². The van der Waals surface area contributed by atoms with E-state index in [9.17, 15) is 0 Å². The van der Waals surface area contributed by atoms with Crippen molar-refractivity contribution in [3.63, 3.8) is 0 Å². The summed E-state index contributed by atoms with van der Waals surface area (Å²) in [6.07, 6.45) is 3.52. The molecule has 0 saturated heterocycles. The molecule has 0 bridgehead atoms. The number of hydrogen-bond donors (Lipinski definition) is 1. The van der Waals surface area contributed by atoms with Crippen molar-refractivity contribution in [3.8, 4) is 0 Å². The Hall–Kier alpha value is -1.02. The lowest BCUT2D eigenvalue weighted by Crippen LogP contribution is -2.30. The lowest BCUT2D eigenvalue weighted by atomic mass is 10.1. The summed E-state index contributed by atoms with van der Waals surface area (Å²) in [5.41, 5.74) is 8.58. The van der Waals surface area contributed by atoms with Crippen LogP contribution >= 0.6 is 0 Å². The Labute approximate surface area is 92.1 Å². The van der Waals surface area contributed by atoms with Crippen molar-refractivity contribution in [3.05, 3.63) is 29.8 Å². The highest BCUT2D eigenvalue weighted by molar-refractivity contribution is 5.48. The van der Waals surface area contributed by atoms with Gasteiger partial charge in [0.1, 0.15) is 0 Å². The Bertz CT molecular complexity index is 335. The third-order valence-electron chi connectivity index (χ3n) is 3.40. The van der Waals surface area contributed by atoms with Crippen LogP contribution in [-0.2, 0) is 0 Å². The Morgan fingerprint density at radius 2 is 2.13 bits per heavy atom. The van der Waals surface area contributed by atoms with Crippen LogP contribution in [0.25, 0.3) is 0 Å². The number of anilines is 1. The number of aryl methyl sites for hydroxylation is 1. The molecule has 1 aliphatic carbocycles. The fourth-order valence-electron chi connectivity index (χ4n) is 2.40. The minimum absolute atomic E-state index is 0.405. The molecule has 82 valence electrons. The fraction of sp³-hybridized carbons (Fsp3) is 0.538. The first-order chi connectivity index (χ1) is 7.16. The van der Waals surface area contributed by atoms with E-state index >= 15 is 0 Å². The molecule has 2 unspecified atom stereocenters. The van der Waals surface area contributed by atoms with Gasteiger partial charge in [-0.05, 0) is 43.9 Å². The summed E-state index contributed by atoms with van der Waals surface area (Å²) < 4.78 is 0. The van der Waals surface area contributed by atoms with Gasteiger partial charge in [0.25, 0.3) is 0 Å². The van der Waals surface area contributed by atoms with Gasteiger partial charge < -0.3 is 10.6 Å². The lowest BCUT2D eigenvalue weighted by molar-refractivity contribution is 0.632. The van der Waals surface area contributed by atoms with Gasteiger partial charge in [0.2, 0.25) is 0 Å². The maximum Gasteiger partial charge on any atom is 0.0368 e. The van der Waals surface area contributed by atoms with E-state index in [4.69, 9.17) is 5.73 Å². The van der Waals surface area contributed by atoms with Crippen molar-refractivity contribution in [1.29, 1.82) is 0 Å². The van der Waals surface area contributed by atoms with Crippen molar-refractivity contribution in [2.24, 2.45) is 5.73 Å². The molecule has 0 aliphatic heterocycles. The zero-order valence-corrected chi connectivity index (χ0v) is 9.61. The van der Waals surface area contributed by atoms with Crippen LogP contribution in [0.2, 0.25) is 0 Å². The van der Waals surface area contributed by atoms with Crippen molar-refractivity contribution in [2.75, 3.05) is 11.9 Å². The Morgan fingerprint density at radius 1 is 1.33 bits per heavy atom. The van der Waals surface area contributed by atoms with Crippen molar-refractivity contribution >= 4 is 5.69 Å². The van der Waals surface area contributed by atoms with Crippen molar-refractivity contribution in [2.45, 2.75) is 38.3 Å². The van der Waals surface area contributed by atoms with Crippen molar-refractivity contribution in [1.82, 2.24) is 0 Å². The molecule has 0 amide bonds. The van der Waals surface area contributed by atoms with E-state index in [0.717, 1.165) is 6.42 Å². The molecule has 1 fully saturated rings. The van der Waals surface area contributed by atoms with Gasteiger partial charge in [-0.2, -0.15) is 0 Å². The van der Waals surface area contributed by atoms with Gasteiger partial charge >= 0.3 is 0 Å². The van der Waals surface area contributed by atoms with E-state index in [2.05, 4.69) is 43.1 Å². The second-order valence-corrected chi connectivity index (χ2v) is 4.68. The van der Waals surface area contributed by atoms with Crippen molar-refractivity contribution < 1.29 is 0 Å². The van der Waals surface area contributed by atoms with Crippen LogP contribution in [0.15, 0.2) is 24.3 Å². The highest BCUT2D eigenvalue weighted by Crippen LogP contribution is 2.26. The van der Waals surface area contributed by atoms with Crippen LogP contribution in [0.4, 0.5) is 5.69 Å². The molecule has 2 atom stereocenters. The minimum atomic E-state index is 0.405. The van der Waals surface area contributed by atoms with Gasteiger partial charge in [-0.3, -0.25) is 0 Å². The predicted molar refractivity (Wildman–Crippen MR) is 65.2 cm³/mol. The molecule has 2 N–H and O–H groups in total. The summed E-state index contributed by atoms with van der Waals surface area (Å²) in [7, 11) is 2.18. The molecule has 1 saturated carbocycles. The third-order valence-corrected chi connectivity index (χ3v) is 3.40. The first-order valence-electron chi connectivity index (χ1n) is 5.72. The third kappa shape index (κ3) is 2.32. The van der Waals surface area contributed by atoms with Crippen LogP contribution in [0.5, 0.6) is 0 Å². The van der Waals surface area contributed by atoms with Crippen LogP contribution in [0.1, 0.15) is 24.8 Å². The quantitative estimate of drug-likeness (QED) is 0.801. The van der Waals surface area contributed by atoms with Gasteiger partial charge in [0.15, 0.2) is 0 Å². The summed E-state index contributed by atoms with van der Waals surface area (Å²) in [6, 6.07) is 9.71. The first-order valence-corrected chi connectivity index (χ1v) is 5.72. The highest BCUT2D eigenvalue weighted by Gasteiger charge is 2.25. The van der Waals surface area contributed by atoms with E-state index in [0.29, 0.717) is 12.1 Å². The molecule has 2 nitrogen and oxygen atoms in total. The predicted octanol–water partition coefficient (Wildman–Crippen LogP) is 2.31. The SMILES string of the molecule is Cc1cccc(N(C)C2CCC(N)C2)c1. The van der Waals surface area contributed by atoms with Gasteiger partial charge in [-0.15, -0.1) is 0 Å². The van der Waals surface area contributed by atoms with E-state index in [1.807, 2.05) is 0 Å². The zero-order valence-electron chi connectivity index (χ0n) is 9.61. The van der Waals surface area contributed by atoms with Crippen LogP contribution in [-0.4, -0.2) is 19.1 Å². The first kappa shape index (κ1) is 10.5. The number of nitrogens with two attached hydrogens (primary N) is 1. The highest BCUT2D eigenvalue weighted by atomic mass is 15.1. The summed E-state index contributed by atoms with van der Waals surface area (Å²) in [4.78, 5) is 2.37. The zero-order chi connectivity index (χ0) is 10.8. The Kier molecular flexibility index (Phi) is 2.96. The molecule has 1 aromatic carbocycles. The van der Waals surface area contributed by atoms with E-state index < -0.39 is 0 Å². The normalized spacial score (nSPS) is 25.5. The summed E-state index contributed by atoms with van der Waals surface area (Å²) in [6.45, 7) is 2.14. The average Bonchev–Trinajstić information content (AvgIpc) is 2.64. The summed E-state index contributed by atoms with van der Waals surface area (Å²) in [5, 5.41) is 0. The monoisotopic (exact) mass is 204 g/mol.